The number of nitrogens with two attached hydrogens (primary N) is 1. The monoisotopic (exact) mass is 270 g/mol. The Labute approximate surface area is 104 Å². The van der Waals surface area contributed by atoms with Crippen LogP contribution in [-0.4, -0.2) is 9.78 Å². The molecule has 0 aliphatic carbocycles. The van der Waals surface area contributed by atoms with Crippen molar-refractivity contribution in [3.63, 3.8) is 0 Å². The predicted octanol–water partition coefficient (Wildman–Crippen LogP) is 2.48. The highest BCUT2D eigenvalue weighted by molar-refractivity contribution is 5.50. The third-order valence-corrected chi connectivity index (χ3v) is 2.37. The van der Waals surface area contributed by atoms with E-state index in [1.54, 1.807) is 6.07 Å². The van der Waals surface area contributed by atoms with Crippen molar-refractivity contribution in [1.82, 2.24) is 9.78 Å². The number of halogens is 4. The van der Waals surface area contributed by atoms with E-state index in [9.17, 15) is 17.6 Å². The summed E-state index contributed by atoms with van der Waals surface area (Å²) in [6.07, 6.45) is -4.00. The Balaban J connectivity index is 2.70. The summed E-state index contributed by atoms with van der Waals surface area (Å²) >= 11 is 0. The van der Waals surface area contributed by atoms with Crippen LogP contribution in [0.4, 0.5) is 23.2 Å². The molecule has 0 radical (unpaired) electrons. The Morgan fingerprint density at radius 2 is 2.00 bits per heavy atom. The standard InChI is InChI=1S/C11H6F4N4/c12-7-2-1-6(4-16)3-9(7)19-10(11(13,14)15)8(17)5-18-19/h1-3,5H,17H2. The highest BCUT2D eigenvalue weighted by atomic mass is 19.4. The molecule has 19 heavy (non-hydrogen) atoms. The summed E-state index contributed by atoms with van der Waals surface area (Å²) in [5.74, 6) is -0.937. The van der Waals surface area contributed by atoms with Crippen LogP contribution in [0.25, 0.3) is 5.69 Å². The average Bonchev–Trinajstić information content (AvgIpc) is 2.71. The SMILES string of the molecule is N#Cc1ccc(F)c(-n2ncc(N)c2C(F)(F)F)c1. The van der Waals surface area contributed by atoms with Crippen LogP contribution in [0.1, 0.15) is 11.3 Å². The van der Waals surface area contributed by atoms with Crippen LogP contribution < -0.4 is 5.73 Å². The van der Waals surface area contributed by atoms with Crippen molar-refractivity contribution < 1.29 is 17.6 Å². The van der Waals surface area contributed by atoms with Crippen molar-refractivity contribution in [3.05, 3.63) is 41.5 Å². The quantitative estimate of drug-likeness (QED) is 0.809. The molecule has 1 aromatic heterocycles. The summed E-state index contributed by atoms with van der Waals surface area (Å²) in [6.45, 7) is 0. The topological polar surface area (TPSA) is 67.6 Å². The van der Waals surface area contributed by atoms with E-state index in [4.69, 9.17) is 11.0 Å². The van der Waals surface area contributed by atoms with E-state index in [0.717, 1.165) is 24.4 Å². The lowest BCUT2D eigenvalue weighted by Crippen LogP contribution is -2.16. The lowest BCUT2D eigenvalue weighted by Gasteiger charge is -2.12. The second kappa shape index (κ2) is 4.28. The number of hydrogen-bond donors (Lipinski definition) is 1. The Morgan fingerprint density at radius 1 is 1.32 bits per heavy atom. The van der Waals surface area contributed by atoms with Gasteiger partial charge in [-0.3, -0.25) is 0 Å². The van der Waals surface area contributed by atoms with Gasteiger partial charge in [-0.15, -0.1) is 0 Å². The second-order valence-corrected chi connectivity index (χ2v) is 3.64. The largest absolute Gasteiger partial charge is 0.435 e. The van der Waals surface area contributed by atoms with Gasteiger partial charge in [0.15, 0.2) is 5.69 Å². The van der Waals surface area contributed by atoms with Gasteiger partial charge < -0.3 is 5.73 Å². The van der Waals surface area contributed by atoms with Crippen LogP contribution in [-0.2, 0) is 6.18 Å². The maximum absolute atomic E-state index is 13.6. The van der Waals surface area contributed by atoms with Crippen molar-refractivity contribution in [2.24, 2.45) is 0 Å². The first-order chi connectivity index (χ1) is 8.84. The number of alkyl halides is 3. The number of nitriles is 1. The van der Waals surface area contributed by atoms with Crippen LogP contribution in [0.3, 0.4) is 0 Å². The number of anilines is 1. The van der Waals surface area contributed by atoms with Gasteiger partial charge in [-0.05, 0) is 18.2 Å². The maximum atomic E-state index is 13.6. The molecular weight excluding hydrogens is 264 g/mol. The molecule has 0 aliphatic rings. The third kappa shape index (κ3) is 2.22. The molecule has 98 valence electrons. The van der Waals surface area contributed by atoms with Gasteiger partial charge in [0.05, 0.1) is 23.5 Å². The van der Waals surface area contributed by atoms with Gasteiger partial charge in [0.1, 0.15) is 11.5 Å². The zero-order chi connectivity index (χ0) is 14.2. The molecule has 0 spiro atoms. The molecule has 1 heterocycles. The molecule has 8 heteroatoms. The van der Waals surface area contributed by atoms with Gasteiger partial charge in [-0.2, -0.15) is 23.5 Å². The van der Waals surface area contributed by atoms with Crippen molar-refractivity contribution in [2.45, 2.75) is 6.18 Å². The number of rotatable bonds is 1. The maximum Gasteiger partial charge on any atom is 0.435 e. The summed E-state index contributed by atoms with van der Waals surface area (Å²) in [6, 6.07) is 4.72. The molecule has 2 N–H and O–H groups in total. The van der Waals surface area contributed by atoms with Crippen LogP contribution in [0, 0.1) is 17.1 Å². The molecule has 2 rings (SSSR count). The fourth-order valence-electron chi connectivity index (χ4n) is 1.57. The van der Waals surface area contributed by atoms with E-state index in [1.165, 1.54) is 0 Å². The number of nitrogens with zero attached hydrogens (tertiary/aromatic N) is 3. The Hall–Kier alpha value is -2.56. The Bertz CT molecular complexity index is 666. The zero-order valence-corrected chi connectivity index (χ0v) is 9.24. The van der Waals surface area contributed by atoms with Crippen molar-refractivity contribution in [1.29, 1.82) is 5.26 Å². The summed E-state index contributed by atoms with van der Waals surface area (Å²) in [7, 11) is 0. The van der Waals surface area contributed by atoms with E-state index in [2.05, 4.69) is 5.10 Å². The molecular formula is C11H6F4N4. The predicted molar refractivity (Wildman–Crippen MR) is 57.7 cm³/mol. The van der Waals surface area contributed by atoms with Gasteiger partial charge in [-0.1, -0.05) is 0 Å². The number of nitrogen functional groups attached to an aromatic ring is 1. The fourth-order valence-corrected chi connectivity index (χ4v) is 1.57. The second-order valence-electron chi connectivity index (χ2n) is 3.64. The van der Waals surface area contributed by atoms with Crippen molar-refractivity contribution in [3.8, 4) is 11.8 Å². The summed E-state index contributed by atoms with van der Waals surface area (Å²) < 4.78 is 52.4. The third-order valence-electron chi connectivity index (χ3n) is 2.37. The van der Waals surface area contributed by atoms with Crippen LogP contribution in [0.15, 0.2) is 24.4 Å². The molecule has 0 amide bonds. The minimum absolute atomic E-state index is 0.0126. The molecule has 1 aromatic carbocycles. The van der Waals surface area contributed by atoms with Crippen LogP contribution in [0.5, 0.6) is 0 Å². The minimum atomic E-state index is -4.78. The Morgan fingerprint density at radius 3 is 2.58 bits per heavy atom. The summed E-state index contributed by atoms with van der Waals surface area (Å²) in [4.78, 5) is 0. The lowest BCUT2D eigenvalue weighted by atomic mass is 10.2. The smallest absolute Gasteiger partial charge is 0.396 e. The Kier molecular flexibility index (Phi) is 2.90. The molecule has 0 unspecified atom stereocenters. The van der Waals surface area contributed by atoms with Gasteiger partial charge in [0, 0.05) is 0 Å². The molecule has 0 fully saturated rings. The molecule has 4 nitrogen and oxygen atoms in total. The molecule has 0 saturated carbocycles. The zero-order valence-electron chi connectivity index (χ0n) is 9.24. The van der Waals surface area contributed by atoms with Crippen molar-refractivity contribution in [2.75, 3.05) is 5.73 Å². The van der Waals surface area contributed by atoms with E-state index < -0.39 is 29.1 Å². The van der Waals surface area contributed by atoms with Gasteiger partial charge in [-0.25, -0.2) is 9.07 Å². The van der Waals surface area contributed by atoms with Gasteiger partial charge in [0.2, 0.25) is 0 Å². The number of hydrogen-bond acceptors (Lipinski definition) is 3. The molecule has 0 bridgehead atoms. The van der Waals surface area contributed by atoms with Gasteiger partial charge >= 0.3 is 6.18 Å². The molecule has 0 atom stereocenters. The number of aromatic nitrogens is 2. The molecule has 2 aromatic rings. The average molecular weight is 270 g/mol. The first-order valence-corrected chi connectivity index (χ1v) is 4.95. The molecule has 0 aliphatic heterocycles. The van der Waals surface area contributed by atoms with Crippen molar-refractivity contribution >= 4 is 5.69 Å². The summed E-state index contributed by atoms with van der Waals surface area (Å²) in [5.41, 5.74) is 2.83. The highest BCUT2D eigenvalue weighted by Crippen LogP contribution is 2.35. The molecule has 0 saturated heterocycles. The van der Waals surface area contributed by atoms with Crippen LogP contribution >= 0.6 is 0 Å². The normalized spacial score (nSPS) is 11.3. The fraction of sp³-hybridized carbons (Fsp3) is 0.0909. The lowest BCUT2D eigenvalue weighted by molar-refractivity contribution is -0.142. The van der Waals surface area contributed by atoms with E-state index in [-0.39, 0.29) is 5.56 Å². The first kappa shape index (κ1) is 12.9. The number of benzene rings is 1. The van der Waals surface area contributed by atoms with E-state index in [1.807, 2.05) is 0 Å². The minimum Gasteiger partial charge on any atom is -0.396 e. The van der Waals surface area contributed by atoms with E-state index >= 15 is 0 Å². The van der Waals surface area contributed by atoms with E-state index in [0.29, 0.717) is 4.68 Å². The van der Waals surface area contributed by atoms with Crippen LogP contribution in [0.2, 0.25) is 0 Å². The first-order valence-electron chi connectivity index (χ1n) is 4.95. The highest BCUT2D eigenvalue weighted by Gasteiger charge is 2.38. The summed E-state index contributed by atoms with van der Waals surface area (Å²) in [5, 5.41) is 12.1. The van der Waals surface area contributed by atoms with Gasteiger partial charge in [0.25, 0.3) is 0 Å².